The Hall–Kier alpha value is -1.71. The highest BCUT2D eigenvalue weighted by Crippen LogP contribution is 2.31. The number of benzene rings is 1. The second kappa shape index (κ2) is 8.12. The number of aryl methyl sites for hydroxylation is 2. The third kappa shape index (κ3) is 4.59. The Morgan fingerprint density at radius 3 is 2.67 bits per heavy atom. The minimum atomic E-state index is -4.38. The lowest BCUT2D eigenvalue weighted by atomic mass is 10.2. The van der Waals surface area contributed by atoms with Gasteiger partial charge in [0.15, 0.2) is 5.52 Å². The molecule has 0 aliphatic rings. The van der Waals surface area contributed by atoms with Crippen LogP contribution in [-0.2, 0) is 11.9 Å². The highest BCUT2D eigenvalue weighted by Gasteiger charge is 2.31. The van der Waals surface area contributed by atoms with E-state index in [4.69, 9.17) is 5.73 Å². The van der Waals surface area contributed by atoms with Crippen LogP contribution in [0.25, 0.3) is 17.0 Å². The number of alkyl halides is 3. The van der Waals surface area contributed by atoms with Crippen LogP contribution in [0.15, 0.2) is 30.5 Å². The molecule has 0 saturated heterocycles. The first-order valence-corrected chi connectivity index (χ1v) is 10.8. The van der Waals surface area contributed by atoms with Crippen LogP contribution >= 0.6 is 21.6 Å². The number of rotatable bonds is 6. The Morgan fingerprint density at radius 2 is 1.96 bits per heavy atom. The van der Waals surface area contributed by atoms with E-state index in [-0.39, 0.29) is 0 Å². The van der Waals surface area contributed by atoms with Gasteiger partial charge in [-0.25, -0.2) is 9.55 Å². The number of hydrogen-bond donors (Lipinski definition) is 2. The molecule has 144 valence electrons. The normalized spacial score (nSPS) is 12.1. The topological polar surface area (TPSA) is 58.6 Å². The Labute approximate surface area is 163 Å². The lowest BCUT2D eigenvalue weighted by Gasteiger charge is -2.10. The quantitative estimate of drug-likeness (QED) is 0.359. The van der Waals surface area contributed by atoms with E-state index in [1.165, 1.54) is 6.07 Å². The first kappa shape index (κ1) is 20.0. The average molecular weight is 414 g/mol. The number of nitrogens with two attached hydrogens (primary N) is 1. The summed E-state index contributed by atoms with van der Waals surface area (Å²) in [6.07, 6.45) is -2.44. The summed E-state index contributed by atoms with van der Waals surface area (Å²) in [5.74, 6) is 2.11. The van der Waals surface area contributed by atoms with E-state index < -0.39 is 11.7 Å². The number of H-pyrrole nitrogens is 1. The van der Waals surface area contributed by atoms with Gasteiger partial charge in [-0.2, -0.15) is 13.2 Å². The van der Waals surface area contributed by atoms with Gasteiger partial charge in [-0.05, 0) is 43.2 Å². The Morgan fingerprint density at radius 1 is 1.19 bits per heavy atom. The monoisotopic (exact) mass is 413 g/mol. The summed E-state index contributed by atoms with van der Waals surface area (Å²) in [7, 11) is 3.40. The van der Waals surface area contributed by atoms with Crippen molar-refractivity contribution in [3.63, 3.8) is 0 Å². The summed E-state index contributed by atoms with van der Waals surface area (Å²) in [5.41, 5.74) is 8.90. The van der Waals surface area contributed by atoms with Gasteiger partial charge in [0.25, 0.3) is 0 Å². The third-order valence-electron chi connectivity index (χ3n) is 4.03. The Bertz CT molecular complexity index is 954. The summed E-state index contributed by atoms with van der Waals surface area (Å²) in [5, 5.41) is 0. The predicted molar refractivity (Wildman–Crippen MR) is 105 cm³/mol. The molecular weight excluding hydrogens is 393 g/mol. The van der Waals surface area contributed by atoms with E-state index in [2.05, 4.69) is 16.0 Å². The van der Waals surface area contributed by atoms with Gasteiger partial charge in [-0.15, -0.1) is 0 Å². The maximum atomic E-state index is 13.0. The van der Waals surface area contributed by atoms with Crippen molar-refractivity contribution in [3.8, 4) is 5.95 Å². The van der Waals surface area contributed by atoms with Gasteiger partial charge in [-0.3, -0.25) is 0 Å². The number of halogens is 3. The van der Waals surface area contributed by atoms with Crippen molar-refractivity contribution in [2.75, 3.05) is 12.3 Å². The first-order chi connectivity index (χ1) is 12.8. The number of nitrogens with one attached hydrogen (secondary N) is 1. The predicted octanol–water partition coefficient (Wildman–Crippen LogP) is 4.32. The number of aromatic nitrogens is 3. The molecule has 3 rings (SSSR count). The second-order valence-corrected chi connectivity index (χ2v) is 8.76. The maximum absolute atomic E-state index is 13.0. The number of imidazole rings is 1. The molecular formula is C18H20F3N4S2+. The van der Waals surface area contributed by atoms with Gasteiger partial charge in [0.05, 0.1) is 23.2 Å². The minimum absolute atomic E-state index is 0.364. The van der Waals surface area contributed by atoms with Crippen molar-refractivity contribution in [1.29, 1.82) is 0 Å². The fraction of sp³-hybridized carbons (Fsp3) is 0.333. The molecule has 3 aromatic rings. The number of nitrogens with zero attached hydrogens (tertiary/aromatic N) is 2. The number of hydrogen-bond acceptors (Lipinski definition) is 4. The van der Waals surface area contributed by atoms with E-state index >= 15 is 0 Å². The van der Waals surface area contributed by atoms with Gasteiger partial charge in [0, 0.05) is 12.3 Å². The summed E-state index contributed by atoms with van der Waals surface area (Å²) in [6.45, 7) is 4.63. The Kier molecular flexibility index (Phi) is 6.02. The molecule has 27 heavy (non-hydrogen) atoms. The minimum Gasteiger partial charge on any atom is -0.330 e. The molecule has 0 aliphatic heterocycles. The van der Waals surface area contributed by atoms with Gasteiger partial charge in [-0.1, -0.05) is 32.6 Å². The molecule has 0 fully saturated rings. The summed E-state index contributed by atoms with van der Waals surface area (Å²) in [6, 6.07) is 5.64. The fourth-order valence-corrected chi connectivity index (χ4v) is 4.80. The average Bonchev–Trinajstić information content (AvgIpc) is 3.02. The van der Waals surface area contributed by atoms with Crippen LogP contribution in [0.4, 0.5) is 13.2 Å². The van der Waals surface area contributed by atoms with E-state index in [0.29, 0.717) is 23.5 Å². The van der Waals surface area contributed by atoms with Gasteiger partial charge >= 0.3 is 12.1 Å². The standard InChI is InChI=1S/C18H20F3N4S2/c1-11-7-12(2)16(10-27-26-6-5-22)25(9-11)17-23-14-4-3-13(18(19,20)21)8-15(14)24-17/h3-4,7-9H,5-6,10,22H2,1-2H3,(H,23,24)/q+1. The van der Waals surface area contributed by atoms with Crippen molar-refractivity contribution in [3.05, 3.63) is 52.8 Å². The van der Waals surface area contributed by atoms with Crippen molar-refractivity contribution in [2.24, 2.45) is 5.73 Å². The van der Waals surface area contributed by atoms with Crippen molar-refractivity contribution in [1.82, 2.24) is 9.97 Å². The molecule has 2 heterocycles. The largest absolute Gasteiger partial charge is 0.416 e. The van der Waals surface area contributed by atoms with Gasteiger partial charge in [0.2, 0.25) is 0 Å². The second-order valence-electron chi connectivity index (χ2n) is 6.18. The lowest BCUT2D eigenvalue weighted by molar-refractivity contribution is -0.611. The molecule has 2 aromatic heterocycles. The molecule has 3 N–H and O–H groups in total. The smallest absolute Gasteiger partial charge is 0.330 e. The third-order valence-corrected chi connectivity index (χ3v) is 6.34. The van der Waals surface area contributed by atoms with Gasteiger partial charge in [0.1, 0.15) is 5.52 Å². The number of aromatic amines is 1. The molecule has 9 heteroatoms. The summed E-state index contributed by atoms with van der Waals surface area (Å²) in [4.78, 5) is 7.53. The van der Waals surface area contributed by atoms with E-state index in [0.717, 1.165) is 40.5 Å². The van der Waals surface area contributed by atoms with E-state index in [1.54, 1.807) is 21.6 Å². The molecule has 0 bridgehead atoms. The molecule has 0 spiro atoms. The molecule has 1 aromatic carbocycles. The van der Waals surface area contributed by atoms with Crippen LogP contribution in [0.2, 0.25) is 0 Å². The van der Waals surface area contributed by atoms with Crippen LogP contribution in [0, 0.1) is 13.8 Å². The van der Waals surface area contributed by atoms with Crippen LogP contribution in [0.5, 0.6) is 0 Å². The Balaban J connectivity index is 2.02. The summed E-state index contributed by atoms with van der Waals surface area (Å²) < 4.78 is 40.8. The van der Waals surface area contributed by atoms with Crippen LogP contribution in [-0.4, -0.2) is 22.3 Å². The molecule has 4 nitrogen and oxygen atoms in total. The highest BCUT2D eigenvalue weighted by atomic mass is 33.1. The number of fused-ring (bicyclic) bond motifs is 1. The highest BCUT2D eigenvalue weighted by molar-refractivity contribution is 8.76. The molecule has 0 amide bonds. The van der Waals surface area contributed by atoms with Gasteiger partial charge < -0.3 is 5.73 Å². The van der Waals surface area contributed by atoms with Crippen molar-refractivity contribution in [2.45, 2.75) is 25.8 Å². The van der Waals surface area contributed by atoms with Crippen LogP contribution in [0.1, 0.15) is 22.4 Å². The molecule has 0 atom stereocenters. The fourth-order valence-electron chi connectivity index (χ4n) is 2.80. The number of pyridine rings is 1. The zero-order valence-electron chi connectivity index (χ0n) is 14.9. The molecule has 0 radical (unpaired) electrons. The zero-order chi connectivity index (χ0) is 19.6. The molecule has 0 saturated carbocycles. The lowest BCUT2D eigenvalue weighted by Crippen LogP contribution is -2.38. The van der Waals surface area contributed by atoms with Crippen LogP contribution < -0.4 is 10.3 Å². The maximum Gasteiger partial charge on any atom is 0.416 e. The van der Waals surface area contributed by atoms with Crippen molar-refractivity contribution < 1.29 is 17.7 Å². The zero-order valence-corrected chi connectivity index (χ0v) is 16.6. The molecule has 0 unspecified atom stereocenters. The van der Waals surface area contributed by atoms with E-state index in [1.807, 2.05) is 24.6 Å². The SMILES string of the molecule is Cc1cc(C)c(CSSCCN)[n+](-c2nc3ccc(C(F)(F)F)cc3[nH]2)c1. The van der Waals surface area contributed by atoms with Crippen LogP contribution in [0.3, 0.4) is 0 Å². The summed E-state index contributed by atoms with van der Waals surface area (Å²) >= 11 is 0. The van der Waals surface area contributed by atoms with E-state index in [9.17, 15) is 13.2 Å². The van der Waals surface area contributed by atoms with Crippen molar-refractivity contribution >= 4 is 32.6 Å². The molecule has 0 aliphatic carbocycles. The first-order valence-electron chi connectivity index (χ1n) is 8.33.